The van der Waals surface area contributed by atoms with Gasteiger partial charge in [-0.1, -0.05) is 0 Å². The highest BCUT2D eigenvalue weighted by atomic mass is 19.1. The van der Waals surface area contributed by atoms with Crippen molar-refractivity contribution in [1.29, 1.82) is 0 Å². The van der Waals surface area contributed by atoms with E-state index in [4.69, 9.17) is 5.11 Å². The number of halogens is 1. The van der Waals surface area contributed by atoms with Crippen LogP contribution in [0.2, 0.25) is 0 Å². The van der Waals surface area contributed by atoms with Crippen LogP contribution in [0.5, 0.6) is 0 Å². The molecule has 1 aromatic carbocycles. The van der Waals surface area contributed by atoms with Gasteiger partial charge >= 0.3 is 11.9 Å². The molecule has 80 valence electrons. The van der Waals surface area contributed by atoms with E-state index in [1.165, 1.54) is 0 Å². The van der Waals surface area contributed by atoms with Crippen LogP contribution in [-0.2, 0) is 4.74 Å². The molecule has 0 saturated heterocycles. The van der Waals surface area contributed by atoms with E-state index in [-0.39, 0.29) is 17.7 Å². The van der Waals surface area contributed by atoms with Crippen LogP contribution in [0.3, 0.4) is 0 Å². The molecular formula is C10H9FO4. The minimum Gasteiger partial charge on any atom is -0.478 e. The minimum absolute atomic E-state index is 0.107. The highest BCUT2D eigenvalue weighted by molar-refractivity contribution is 5.94. The first-order valence-electron chi connectivity index (χ1n) is 4.26. The zero-order chi connectivity index (χ0) is 11.4. The van der Waals surface area contributed by atoms with Gasteiger partial charge in [-0.2, -0.15) is 0 Å². The van der Waals surface area contributed by atoms with Crippen molar-refractivity contribution in [3.8, 4) is 0 Å². The summed E-state index contributed by atoms with van der Waals surface area (Å²) in [6, 6.07) is 2.96. The van der Waals surface area contributed by atoms with Gasteiger partial charge in [-0.15, -0.1) is 0 Å². The molecule has 0 bridgehead atoms. The van der Waals surface area contributed by atoms with Gasteiger partial charge in [0.1, 0.15) is 5.82 Å². The predicted molar refractivity (Wildman–Crippen MR) is 49.3 cm³/mol. The lowest BCUT2D eigenvalue weighted by Crippen LogP contribution is -2.09. The summed E-state index contributed by atoms with van der Waals surface area (Å²) in [7, 11) is 0. The molecule has 0 aliphatic carbocycles. The summed E-state index contributed by atoms with van der Waals surface area (Å²) in [5.74, 6) is -2.88. The van der Waals surface area contributed by atoms with Gasteiger partial charge in [-0.05, 0) is 25.1 Å². The second kappa shape index (κ2) is 4.54. The number of ether oxygens (including phenoxy) is 1. The van der Waals surface area contributed by atoms with Crippen molar-refractivity contribution in [3.63, 3.8) is 0 Å². The van der Waals surface area contributed by atoms with E-state index in [2.05, 4.69) is 4.74 Å². The summed E-state index contributed by atoms with van der Waals surface area (Å²) in [5, 5.41) is 8.64. The minimum atomic E-state index is -1.22. The van der Waals surface area contributed by atoms with E-state index >= 15 is 0 Å². The molecule has 4 nitrogen and oxygen atoms in total. The van der Waals surface area contributed by atoms with Gasteiger partial charge in [0, 0.05) is 0 Å². The largest absolute Gasteiger partial charge is 0.478 e. The van der Waals surface area contributed by atoms with E-state index in [9.17, 15) is 14.0 Å². The summed E-state index contributed by atoms with van der Waals surface area (Å²) < 4.78 is 17.7. The second-order valence-electron chi connectivity index (χ2n) is 2.72. The van der Waals surface area contributed by atoms with Crippen LogP contribution >= 0.6 is 0 Å². The molecule has 0 fully saturated rings. The van der Waals surface area contributed by atoms with Gasteiger partial charge in [-0.25, -0.2) is 14.0 Å². The van der Waals surface area contributed by atoms with Crippen molar-refractivity contribution in [2.45, 2.75) is 6.92 Å². The number of hydrogen-bond donors (Lipinski definition) is 1. The van der Waals surface area contributed by atoms with Crippen LogP contribution < -0.4 is 0 Å². The number of rotatable bonds is 3. The van der Waals surface area contributed by atoms with Crippen LogP contribution in [0.1, 0.15) is 27.6 Å². The SMILES string of the molecule is CCOC(=O)c1cc(C(=O)O)ccc1F. The number of benzene rings is 1. The normalized spacial score (nSPS) is 9.73. The molecule has 5 heteroatoms. The van der Waals surface area contributed by atoms with Gasteiger partial charge in [0.25, 0.3) is 0 Å². The molecule has 0 aromatic heterocycles. The van der Waals surface area contributed by atoms with Gasteiger partial charge in [0.2, 0.25) is 0 Å². The van der Waals surface area contributed by atoms with Crippen LogP contribution in [0, 0.1) is 5.82 Å². The summed E-state index contributed by atoms with van der Waals surface area (Å²) in [5.41, 5.74) is -0.517. The Labute approximate surface area is 85.3 Å². The molecular weight excluding hydrogens is 203 g/mol. The molecule has 1 aromatic rings. The fraction of sp³-hybridized carbons (Fsp3) is 0.200. The fourth-order valence-corrected chi connectivity index (χ4v) is 1.02. The fourth-order valence-electron chi connectivity index (χ4n) is 1.02. The van der Waals surface area contributed by atoms with Gasteiger partial charge in [-0.3, -0.25) is 0 Å². The Bertz CT molecular complexity index is 400. The average Bonchev–Trinajstić information content (AvgIpc) is 2.18. The van der Waals surface area contributed by atoms with Crippen molar-refractivity contribution in [2.24, 2.45) is 0 Å². The van der Waals surface area contributed by atoms with E-state index in [0.717, 1.165) is 18.2 Å². The maximum Gasteiger partial charge on any atom is 0.341 e. The lowest BCUT2D eigenvalue weighted by molar-refractivity contribution is 0.0521. The summed E-state index contributed by atoms with van der Waals surface area (Å²) in [6.07, 6.45) is 0. The lowest BCUT2D eigenvalue weighted by atomic mass is 10.1. The summed E-state index contributed by atoms with van der Waals surface area (Å²) >= 11 is 0. The third-order valence-corrected chi connectivity index (χ3v) is 1.71. The van der Waals surface area contributed by atoms with Crippen molar-refractivity contribution in [3.05, 3.63) is 35.1 Å². The summed E-state index contributed by atoms with van der Waals surface area (Å²) in [6.45, 7) is 1.69. The Morgan fingerprint density at radius 3 is 2.67 bits per heavy atom. The zero-order valence-electron chi connectivity index (χ0n) is 7.99. The van der Waals surface area contributed by atoms with Crippen molar-refractivity contribution < 1.29 is 23.8 Å². The summed E-state index contributed by atoms with van der Waals surface area (Å²) in [4.78, 5) is 21.8. The number of carboxylic acids is 1. The first-order valence-corrected chi connectivity index (χ1v) is 4.26. The van der Waals surface area contributed by atoms with Gasteiger partial charge in [0.05, 0.1) is 17.7 Å². The zero-order valence-corrected chi connectivity index (χ0v) is 7.99. The van der Waals surface area contributed by atoms with Gasteiger partial charge in [0.15, 0.2) is 0 Å². The lowest BCUT2D eigenvalue weighted by Gasteiger charge is -2.03. The number of carbonyl (C=O) groups is 2. The Morgan fingerprint density at radius 1 is 1.47 bits per heavy atom. The smallest absolute Gasteiger partial charge is 0.341 e. The van der Waals surface area contributed by atoms with Crippen molar-refractivity contribution in [1.82, 2.24) is 0 Å². The standard InChI is InChI=1S/C10H9FO4/c1-2-15-10(14)7-5-6(9(12)13)3-4-8(7)11/h3-5H,2H2,1H3,(H,12,13). The molecule has 1 rings (SSSR count). The number of aromatic carboxylic acids is 1. The van der Waals surface area contributed by atoms with Gasteiger partial charge < -0.3 is 9.84 Å². The molecule has 1 N–H and O–H groups in total. The molecule has 0 radical (unpaired) electrons. The van der Waals surface area contributed by atoms with Crippen LogP contribution in [0.15, 0.2) is 18.2 Å². The molecule has 0 saturated carbocycles. The number of carboxylic acid groups (broad SMARTS) is 1. The predicted octanol–water partition coefficient (Wildman–Crippen LogP) is 1.70. The van der Waals surface area contributed by atoms with Crippen molar-refractivity contribution >= 4 is 11.9 Å². The maximum atomic E-state index is 13.1. The quantitative estimate of drug-likeness (QED) is 0.774. The number of esters is 1. The first-order chi connectivity index (χ1) is 7.06. The molecule has 15 heavy (non-hydrogen) atoms. The third kappa shape index (κ3) is 2.52. The second-order valence-corrected chi connectivity index (χ2v) is 2.72. The monoisotopic (exact) mass is 212 g/mol. The molecule has 0 spiro atoms. The molecule has 0 unspecified atom stereocenters. The highest BCUT2D eigenvalue weighted by Crippen LogP contribution is 2.12. The molecule has 0 atom stereocenters. The third-order valence-electron chi connectivity index (χ3n) is 1.71. The molecule has 0 heterocycles. The van der Waals surface area contributed by atoms with E-state index in [0.29, 0.717) is 0 Å². The van der Waals surface area contributed by atoms with E-state index < -0.39 is 17.8 Å². The Kier molecular flexibility index (Phi) is 3.38. The first kappa shape index (κ1) is 11.2. The van der Waals surface area contributed by atoms with Crippen LogP contribution in [-0.4, -0.2) is 23.7 Å². The van der Waals surface area contributed by atoms with E-state index in [1.807, 2.05) is 0 Å². The van der Waals surface area contributed by atoms with Crippen molar-refractivity contribution in [2.75, 3.05) is 6.61 Å². The molecule has 0 amide bonds. The maximum absolute atomic E-state index is 13.1. The highest BCUT2D eigenvalue weighted by Gasteiger charge is 2.15. The Balaban J connectivity index is 3.10. The molecule has 0 aliphatic rings. The molecule has 0 aliphatic heterocycles. The number of hydrogen-bond acceptors (Lipinski definition) is 3. The Morgan fingerprint density at radius 2 is 2.13 bits per heavy atom. The Hall–Kier alpha value is -1.91. The van der Waals surface area contributed by atoms with Crippen LogP contribution in [0.25, 0.3) is 0 Å². The van der Waals surface area contributed by atoms with E-state index in [1.54, 1.807) is 6.92 Å². The van der Waals surface area contributed by atoms with Crippen LogP contribution in [0.4, 0.5) is 4.39 Å². The number of carbonyl (C=O) groups excluding carboxylic acids is 1. The average molecular weight is 212 g/mol. The topological polar surface area (TPSA) is 63.6 Å².